The Hall–Kier alpha value is -4.89. The number of pyridine rings is 2. The van der Waals surface area contributed by atoms with Crippen molar-refractivity contribution in [3.05, 3.63) is 88.0 Å². The number of nitrogens with two attached hydrogens (primary N) is 1. The van der Waals surface area contributed by atoms with Crippen LogP contribution in [0.2, 0.25) is 0 Å². The first-order chi connectivity index (χ1) is 16.0. The summed E-state index contributed by atoms with van der Waals surface area (Å²) in [4.78, 5) is 32.0. The van der Waals surface area contributed by atoms with Crippen LogP contribution in [0.4, 0.5) is 0 Å². The SMILES string of the molecule is N#Cc1cc2c(cn1)c(C(N)=O)nn2-c1cccc(C#C[C@@]2(N=O)CCc3cccnc32)c1. The number of rotatable bonds is 3. The summed E-state index contributed by atoms with van der Waals surface area (Å²) in [6, 6.07) is 14.4. The fourth-order valence-electron chi connectivity index (χ4n) is 4.02. The van der Waals surface area contributed by atoms with Gasteiger partial charge >= 0.3 is 0 Å². The molecular weight excluding hydrogens is 418 g/mol. The molecule has 33 heavy (non-hydrogen) atoms. The Balaban J connectivity index is 1.60. The van der Waals surface area contributed by atoms with Gasteiger partial charge in [-0.15, -0.1) is 4.91 Å². The van der Waals surface area contributed by atoms with Crippen LogP contribution in [0.1, 0.15) is 39.4 Å². The topological polar surface area (TPSA) is 140 Å². The number of nitroso groups, excluding NO2 is 1. The largest absolute Gasteiger partial charge is 0.364 e. The van der Waals surface area contributed by atoms with E-state index in [-0.39, 0.29) is 11.4 Å². The predicted octanol–water partition coefficient (Wildman–Crippen LogP) is 2.75. The van der Waals surface area contributed by atoms with Gasteiger partial charge in [0.1, 0.15) is 11.8 Å². The number of hydrogen-bond donors (Lipinski definition) is 1. The van der Waals surface area contributed by atoms with Crippen LogP contribution in [-0.4, -0.2) is 25.7 Å². The summed E-state index contributed by atoms with van der Waals surface area (Å²) < 4.78 is 1.52. The van der Waals surface area contributed by atoms with E-state index in [0.717, 1.165) is 5.56 Å². The first kappa shape index (κ1) is 20.0. The van der Waals surface area contributed by atoms with Crippen molar-refractivity contribution in [3.63, 3.8) is 0 Å². The number of fused-ring (bicyclic) bond motifs is 2. The van der Waals surface area contributed by atoms with Crippen molar-refractivity contribution in [1.82, 2.24) is 19.7 Å². The molecule has 1 atom stereocenters. The summed E-state index contributed by atoms with van der Waals surface area (Å²) in [5.41, 5.74) is 7.85. The van der Waals surface area contributed by atoms with E-state index in [1.165, 1.54) is 10.9 Å². The predicted molar refractivity (Wildman–Crippen MR) is 119 cm³/mol. The highest BCUT2D eigenvalue weighted by Crippen LogP contribution is 2.38. The second-order valence-electron chi connectivity index (χ2n) is 7.59. The maximum atomic E-state index is 11.9. The Labute approximate surface area is 187 Å². The van der Waals surface area contributed by atoms with E-state index in [1.54, 1.807) is 36.5 Å². The standard InChI is InChI=1S/C24H15N7O2/c25-13-17-12-20-19(14-28-17)21(23(26)32)29-31(20)18-5-1-3-15(11-18)6-8-24(30-33)9-7-16-4-2-10-27-22(16)24/h1-5,10-12,14H,7,9H2,(H2,26,32)/t24-/m1/s1. The monoisotopic (exact) mass is 433 g/mol. The lowest BCUT2D eigenvalue weighted by Crippen LogP contribution is -2.18. The lowest BCUT2D eigenvalue weighted by atomic mass is 9.97. The number of hydrogen-bond acceptors (Lipinski definition) is 7. The van der Waals surface area contributed by atoms with Crippen molar-refractivity contribution in [2.75, 3.05) is 0 Å². The zero-order chi connectivity index (χ0) is 23.0. The summed E-state index contributed by atoms with van der Waals surface area (Å²) >= 11 is 0. The molecule has 158 valence electrons. The summed E-state index contributed by atoms with van der Waals surface area (Å²) in [6.07, 6.45) is 4.21. The van der Waals surface area contributed by atoms with E-state index >= 15 is 0 Å². The molecule has 0 saturated carbocycles. The molecule has 1 amide bonds. The van der Waals surface area contributed by atoms with Crippen LogP contribution in [0.15, 0.2) is 60.0 Å². The zero-order valence-corrected chi connectivity index (χ0v) is 17.2. The van der Waals surface area contributed by atoms with Gasteiger partial charge in [-0.1, -0.05) is 24.0 Å². The van der Waals surface area contributed by atoms with Crippen molar-refractivity contribution in [2.24, 2.45) is 10.9 Å². The van der Waals surface area contributed by atoms with Crippen LogP contribution >= 0.6 is 0 Å². The Kier molecular flexibility index (Phi) is 4.65. The summed E-state index contributed by atoms with van der Waals surface area (Å²) in [5.74, 6) is 5.37. The van der Waals surface area contributed by atoms with Gasteiger partial charge in [0, 0.05) is 24.0 Å². The number of nitrogens with zero attached hydrogens (tertiary/aromatic N) is 6. The minimum absolute atomic E-state index is 0.0521. The van der Waals surface area contributed by atoms with E-state index in [2.05, 4.69) is 32.1 Å². The average Bonchev–Trinajstić information content (AvgIpc) is 3.42. The van der Waals surface area contributed by atoms with Crippen molar-refractivity contribution in [2.45, 2.75) is 18.4 Å². The molecule has 1 aliphatic rings. The van der Waals surface area contributed by atoms with Gasteiger partial charge in [-0.05, 0) is 47.8 Å². The second kappa shape index (κ2) is 7.66. The van der Waals surface area contributed by atoms with E-state index in [4.69, 9.17) is 5.73 Å². The van der Waals surface area contributed by atoms with Gasteiger partial charge in [-0.2, -0.15) is 10.4 Å². The number of primary amides is 1. The lowest BCUT2D eigenvalue weighted by Gasteiger charge is -2.13. The van der Waals surface area contributed by atoms with E-state index in [9.17, 15) is 15.0 Å². The third-order valence-corrected chi connectivity index (χ3v) is 5.61. The highest BCUT2D eigenvalue weighted by atomic mass is 16.3. The molecule has 0 radical (unpaired) electrons. The third-order valence-electron chi connectivity index (χ3n) is 5.61. The first-order valence-corrected chi connectivity index (χ1v) is 10.1. The highest BCUT2D eigenvalue weighted by Gasteiger charge is 2.40. The van der Waals surface area contributed by atoms with E-state index in [0.29, 0.717) is 40.7 Å². The Morgan fingerprint density at radius 1 is 1.21 bits per heavy atom. The van der Waals surface area contributed by atoms with E-state index < -0.39 is 11.4 Å². The van der Waals surface area contributed by atoms with Crippen LogP contribution in [0.3, 0.4) is 0 Å². The molecule has 0 bridgehead atoms. The van der Waals surface area contributed by atoms with Gasteiger partial charge in [0.05, 0.1) is 22.3 Å². The first-order valence-electron chi connectivity index (χ1n) is 10.1. The van der Waals surface area contributed by atoms with Gasteiger partial charge in [0.2, 0.25) is 5.54 Å². The molecule has 5 rings (SSSR count). The normalized spacial score (nSPS) is 16.5. The molecule has 0 spiro atoms. The maximum Gasteiger partial charge on any atom is 0.269 e. The Morgan fingerprint density at radius 3 is 2.88 bits per heavy atom. The van der Waals surface area contributed by atoms with Crippen molar-refractivity contribution >= 4 is 16.8 Å². The van der Waals surface area contributed by atoms with Gasteiger partial charge in [0.15, 0.2) is 5.69 Å². The van der Waals surface area contributed by atoms with Crippen LogP contribution in [-0.2, 0) is 12.0 Å². The quantitative estimate of drug-likeness (QED) is 0.389. The molecule has 1 aromatic carbocycles. The van der Waals surface area contributed by atoms with Crippen LogP contribution in [0.25, 0.3) is 16.6 Å². The molecule has 9 nitrogen and oxygen atoms in total. The third kappa shape index (κ3) is 3.29. The molecule has 0 unspecified atom stereocenters. The highest BCUT2D eigenvalue weighted by molar-refractivity contribution is 6.04. The van der Waals surface area contributed by atoms with Gasteiger partial charge < -0.3 is 5.73 Å². The van der Waals surface area contributed by atoms with Crippen molar-refractivity contribution in [3.8, 4) is 23.6 Å². The smallest absolute Gasteiger partial charge is 0.269 e. The maximum absolute atomic E-state index is 11.9. The fourth-order valence-corrected chi connectivity index (χ4v) is 4.02. The molecular formula is C24H15N7O2. The number of aryl methyl sites for hydroxylation is 1. The molecule has 3 aromatic heterocycles. The minimum atomic E-state index is -1.18. The lowest BCUT2D eigenvalue weighted by molar-refractivity contribution is 0.0996. The second-order valence-corrected chi connectivity index (χ2v) is 7.59. The van der Waals surface area contributed by atoms with Crippen LogP contribution in [0, 0.1) is 28.1 Å². The van der Waals surface area contributed by atoms with Gasteiger partial charge in [-0.25, -0.2) is 9.67 Å². The van der Waals surface area contributed by atoms with Crippen molar-refractivity contribution in [1.29, 1.82) is 5.26 Å². The van der Waals surface area contributed by atoms with Crippen LogP contribution in [0.5, 0.6) is 0 Å². The van der Waals surface area contributed by atoms with E-state index in [1.807, 2.05) is 18.2 Å². The number of benzene rings is 1. The Morgan fingerprint density at radius 2 is 2.09 bits per heavy atom. The van der Waals surface area contributed by atoms with Gasteiger partial charge in [0.25, 0.3) is 5.91 Å². The minimum Gasteiger partial charge on any atom is -0.364 e. The van der Waals surface area contributed by atoms with Gasteiger partial charge in [-0.3, -0.25) is 9.78 Å². The summed E-state index contributed by atoms with van der Waals surface area (Å²) in [7, 11) is 0. The molecule has 3 heterocycles. The number of carbonyl (C=O) groups excluding carboxylic acids is 1. The molecule has 0 aliphatic heterocycles. The summed E-state index contributed by atoms with van der Waals surface area (Å²) in [5, 5.41) is 17.3. The zero-order valence-electron chi connectivity index (χ0n) is 17.2. The fraction of sp³-hybridized carbons (Fsp3) is 0.125. The molecule has 0 fully saturated rings. The number of aromatic nitrogens is 4. The average molecular weight is 433 g/mol. The number of amides is 1. The number of carbonyl (C=O) groups is 1. The molecule has 1 aliphatic carbocycles. The van der Waals surface area contributed by atoms with Crippen LogP contribution < -0.4 is 5.73 Å². The molecule has 9 heteroatoms. The molecule has 2 N–H and O–H groups in total. The molecule has 4 aromatic rings. The Bertz CT molecular complexity index is 1550. The van der Waals surface area contributed by atoms with Crippen molar-refractivity contribution < 1.29 is 4.79 Å². The molecule has 0 saturated heterocycles. The number of nitriles is 1. The summed E-state index contributed by atoms with van der Waals surface area (Å²) in [6.45, 7) is 0.